The van der Waals surface area contributed by atoms with Gasteiger partial charge in [-0.15, -0.1) is 0 Å². The molecule has 0 heterocycles. The van der Waals surface area contributed by atoms with E-state index >= 15 is 0 Å². The molecular formula is C21H20O2. The second kappa shape index (κ2) is 6.57. The molecule has 0 amide bonds. The van der Waals surface area contributed by atoms with Gasteiger partial charge in [-0.2, -0.15) is 0 Å². The minimum absolute atomic E-state index is 0.717. The molecule has 0 aliphatic heterocycles. The second-order valence-electron chi connectivity index (χ2n) is 5.73. The van der Waals surface area contributed by atoms with Crippen LogP contribution in [0.2, 0.25) is 0 Å². The Hall–Kier alpha value is -2.74. The summed E-state index contributed by atoms with van der Waals surface area (Å²) in [5, 5.41) is 0. The van der Waals surface area contributed by atoms with Crippen molar-refractivity contribution >= 4 is 0 Å². The van der Waals surface area contributed by atoms with Crippen molar-refractivity contribution in [2.75, 3.05) is 0 Å². The molecule has 0 aliphatic carbocycles. The van der Waals surface area contributed by atoms with Crippen LogP contribution in [0.15, 0.2) is 66.7 Å². The highest BCUT2D eigenvalue weighted by Gasteiger charge is 2.10. The molecule has 0 spiro atoms. The average molecular weight is 304 g/mol. The predicted molar refractivity (Wildman–Crippen MR) is 93.7 cm³/mol. The van der Waals surface area contributed by atoms with Gasteiger partial charge in [-0.3, -0.25) is 0 Å². The number of ether oxygens (including phenoxy) is 2. The molecule has 23 heavy (non-hydrogen) atoms. The Bertz CT molecular complexity index is 787. The van der Waals surface area contributed by atoms with Crippen molar-refractivity contribution < 1.29 is 9.47 Å². The Morgan fingerprint density at radius 2 is 1.09 bits per heavy atom. The standard InChI is InChI=1S/C21H20O2/c1-15-7-11-18(12-8-15)22-20-6-4-5-17(3)21(20)23-19-13-9-16(2)10-14-19/h4-14H,1-3H3. The quantitative estimate of drug-likeness (QED) is 0.571. The smallest absolute Gasteiger partial charge is 0.172 e. The van der Waals surface area contributed by atoms with Crippen molar-refractivity contribution in [3.05, 3.63) is 83.4 Å². The van der Waals surface area contributed by atoms with Gasteiger partial charge in [0, 0.05) is 0 Å². The molecule has 0 unspecified atom stereocenters. The van der Waals surface area contributed by atoms with Crippen molar-refractivity contribution in [2.24, 2.45) is 0 Å². The first-order valence-corrected chi connectivity index (χ1v) is 7.70. The lowest BCUT2D eigenvalue weighted by Crippen LogP contribution is -1.93. The van der Waals surface area contributed by atoms with Gasteiger partial charge in [0.1, 0.15) is 11.5 Å². The second-order valence-corrected chi connectivity index (χ2v) is 5.73. The number of benzene rings is 3. The van der Waals surface area contributed by atoms with Crippen molar-refractivity contribution in [2.45, 2.75) is 20.8 Å². The first kappa shape index (κ1) is 15.2. The van der Waals surface area contributed by atoms with Crippen LogP contribution in [-0.2, 0) is 0 Å². The Balaban J connectivity index is 1.90. The molecule has 0 saturated heterocycles. The van der Waals surface area contributed by atoms with Crippen molar-refractivity contribution in [3.8, 4) is 23.0 Å². The number of hydrogen-bond donors (Lipinski definition) is 0. The third-order valence-corrected chi connectivity index (χ3v) is 3.67. The molecule has 116 valence electrons. The summed E-state index contributed by atoms with van der Waals surface area (Å²) in [6.07, 6.45) is 0. The van der Waals surface area contributed by atoms with Gasteiger partial charge >= 0.3 is 0 Å². The van der Waals surface area contributed by atoms with Crippen LogP contribution >= 0.6 is 0 Å². The summed E-state index contributed by atoms with van der Waals surface area (Å²) >= 11 is 0. The molecule has 0 fully saturated rings. The van der Waals surface area contributed by atoms with E-state index in [0.29, 0.717) is 0 Å². The van der Waals surface area contributed by atoms with E-state index in [1.807, 2.05) is 73.7 Å². The van der Waals surface area contributed by atoms with Gasteiger partial charge in [0.15, 0.2) is 11.5 Å². The highest BCUT2D eigenvalue weighted by atomic mass is 16.5. The zero-order valence-corrected chi connectivity index (χ0v) is 13.7. The molecule has 3 aromatic rings. The highest BCUT2D eigenvalue weighted by Crippen LogP contribution is 2.37. The maximum atomic E-state index is 6.07. The van der Waals surface area contributed by atoms with E-state index in [9.17, 15) is 0 Å². The summed E-state index contributed by atoms with van der Waals surface area (Å²) in [6, 6.07) is 21.9. The minimum Gasteiger partial charge on any atom is -0.453 e. The first-order chi connectivity index (χ1) is 11.1. The summed E-state index contributed by atoms with van der Waals surface area (Å²) in [6.45, 7) is 6.14. The van der Waals surface area contributed by atoms with Gasteiger partial charge in [-0.1, -0.05) is 47.5 Å². The molecule has 0 aromatic heterocycles. The van der Waals surface area contributed by atoms with Crippen LogP contribution in [0.3, 0.4) is 0 Å². The lowest BCUT2D eigenvalue weighted by Gasteiger charge is -2.14. The van der Waals surface area contributed by atoms with E-state index in [0.717, 1.165) is 28.6 Å². The molecule has 2 heteroatoms. The van der Waals surface area contributed by atoms with E-state index in [4.69, 9.17) is 9.47 Å². The van der Waals surface area contributed by atoms with Crippen molar-refractivity contribution in [1.29, 1.82) is 0 Å². The summed E-state index contributed by atoms with van der Waals surface area (Å²) in [7, 11) is 0. The van der Waals surface area contributed by atoms with Crippen LogP contribution in [0.1, 0.15) is 16.7 Å². The number of rotatable bonds is 4. The van der Waals surface area contributed by atoms with E-state index in [1.165, 1.54) is 11.1 Å². The molecule has 0 aliphatic rings. The van der Waals surface area contributed by atoms with E-state index in [2.05, 4.69) is 13.8 Å². The molecule has 0 N–H and O–H groups in total. The summed E-state index contributed by atoms with van der Waals surface area (Å²) in [5.41, 5.74) is 3.45. The Morgan fingerprint density at radius 1 is 0.565 bits per heavy atom. The van der Waals surface area contributed by atoms with Crippen molar-refractivity contribution in [1.82, 2.24) is 0 Å². The fourth-order valence-corrected chi connectivity index (χ4v) is 2.29. The van der Waals surface area contributed by atoms with Gasteiger partial charge in [0.25, 0.3) is 0 Å². The van der Waals surface area contributed by atoms with Gasteiger partial charge in [-0.25, -0.2) is 0 Å². The highest BCUT2D eigenvalue weighted by molar-refractivity contribution is 5.50. The summed E-state index contributed by atoms with van der Waals surface area (Å²) < 4.78 is 12.1. The summed E-state index contributed by atoms with van der Waals surface area (Å²) in [4.78, 5) is 0. The number of para-hydroxylation sites is 1. The lowest BCUT2D eigenvalue weighted by molar-refractivity contribution is 0.416. The fraction of sp³-hybridized carbons (Fsp3) is 0.143. The van der Waals surface area contributed by atoms with E-state index in [1.54, 1.807) is 0 Å². The minimum atomic E-state index is 0.717. The average Bonchev–Trinajstić information content (AvgIpc) is 2.55. The Morgan fingerprint density at radius 3 is 1.65 bits per heavy atom. The normalized spacial score (nSPS) is 10.4. The van der Waals surface area contributed by atoms with Gasteiger partial charge in [-0.05, 0) is 56.7 Å². The van der Waals surface area contributed by atoms with Crippen LogP contribution in [0.4, 0.5) is 0 Å². The Kier molecular flexibility index (Phi) is 4.33. The zero-order valence-electron chi connectivity index (χ0n) is 13.7. The molecule has 3 aromatic carbocycles. The molecule has 0 atom stereocenters. The molecule has 3 rings (SSSR count). The largest absolute Gasteiger partial charge is 0.453 e. The number of hydrogen-bond acceptors (Lipinski definition) is 2. The maximum Gasteiger partial charge on any atom is 0.172 e. The lowest BCUT2D eigenvalue weighted by atomic mass is 10.2. The Labute approximate surface area is 137 Å². The molecular weight excluding hydrogens is 284 g/mol. The van der Waals surface area contributed by atoms with Crippen molar-refractivity contribution in [3.63, 3.8) is 0 Å². The summed E-state index contributed by atoms with van der Waals surface area (Å²) in [5.74, 6) is 3.07. The SMILES string of the molecule is Cc1ccc(Oc2cccc(C)c2Oc2ccc(C)cc2)cc1. The maximum absolute atomic E-state index is 6.07. The monoisotopic (exact) mass is 304 g/mol. The van der Waals surface area contributed by atoms with Crippen LogP contribution in [0, 0.1) is 20.8 Å². The van der Waals surface area contributed by atoms with Gasteiger partial charge in [0.05, 0.1) is 0 Å². The zero-order chi connectivity index (χ0) is 16.2. The third kappa shape index (κ3) is 3.72. The number of aryl methyl sites for hydroxylation is 3. The van der Waals surface area contributed by atoms with Crippen LogP contribution < -0.4 is 9.47 Å². The van der Waals surface area contributed by atoms with E-state index < -0.39 is 0 Å². The first-order valence-electron chi connectivity index (χ1n) is 7.70. The third-order valence-electron chi connectivity index (χ3n) is 3.67. The molecule has 0 radical (unpaired) electrons. The van der Waals surface area contributed by atoms with Crippen LogP contribution in [-0.4, -0.2) is 0 Å². The van der Waals surface area contributed by atoms with Crippen LogP contribution in [0.25, 0.3) is 0 Å². The molecule has 2 nitrogen and oxygen atoms in total. The topological polar surface area (TPSA) is 18.5 Å². The molecule has 0 bridgehead atoms. The van der Waals surface area contributed by atoms with Gasteiger partial charge < -0.3 is 9.47 Å². The van der Waals surface area contributed by atoms with Crippen LogP contribution in [0.5, 0.6) is 23.0 Å². The predicted octanol–water partition coefficient (Wildman–Crippen LogP) is 6.20. The fourth-order valence-electron chi connectivity index (χ4n) is 2.29. The van der Waals surface area contributed by atoms with E-state index in [-0.39, 0.29) is 0 Å². The van der Waals surface area contributed by atoms with Gasteiger partial charge in [0.2, 0.25) is 0 Å². The molecule has 0 saturated carbocycles.